The fourth-order valence-electron chi connectivity index (χ4n) is 4.69. The van der Waals surface area contributed by atoms with Crippen LogP contribution in [0.15, 0.2) is 42.6 Å². The molecule has 0 spiro atoms. The summed E-state index contributed by atoms with van der Waals surface area (Å²) in [6.07, 6.45) is 2.80. The van der Waals surface area contributed by atoms with Crippen LogP contribution in [0.2, 0.25) is 0 Å². The Morgan fingerprint density at radius 3 is 2.71 bits per heavy atom. The number of fused-ring (bicyclic) bond motifs is 1. The number of hydrogen-bond donors (Lipinski definition) is 3. The van der Waals surface area contributed by atoms with Crippen molar-refractivity contribution in [1.82, 2.24) is 19.8 Å². The summed E-state index contributed by atoms with van der Waals surface area (Å²) in [5, 5.41) is 20.2. The Bertz CT molecular complexity index is 1250. The van der Waals surface area contributed by atoms with Crippen molar-refractivity contribution in [1.29, 1.82) is 0 Å². The smallest absolute Gasteiger partial charge is 0.236 e. The molecule has 9 heteroatoms. The van der Waals surface area contributed by atoms with Crippen LogP contribution in [0.3, 0.4) is 0 Å². The van der Waals surface area contributed by atoms with Crippen molar-refractivity contribution in [2.75, 3.05) is 39.8 Å². The van der Waals surface area contributed by atoms with Gasteiger partial charge in [0, 0.05) is 49.0 Å². The normalized spacial score (nSPS) is 21.2. The summed E-state index contributed by atoms with van der Waals surface area (Å²) in [6, 6.07) is 8.34. The van der Waals surface area contributed by atoms with Gasteiger partial charge in [0.1, 0.15) is 17.2 Å². The van der Waals surface area contributed by atoms with E-state index in [1.165, 1.54) is 17.0 Å². The number of amides is 1. The lowest BCUT2D eigenvalue weighted by atomic mass is 10.0. The van der Waals surface area contributed by atoms with Gasteiger partial charge in [-0.05, 0) is 47.9 Å². The fraction of sp³-hybridized carbons (Fsp3) is 0.360. The molecule has 178 valence electrons. The number of aromatic nitrogens is 2. The van der Waals surface area contributed by atoms with E-state index < -0.39 is 12.2 Å². The Labute approximate surface area is 196 Å². The monoisotopic (exact) mass is 466 g/mol. The van der Waals surface area contributed by atoms with E-state index in [2.05, 4.69) is 16.0 Å². The minimum atomic E-state index is -0.871. The van der Waals surface area contributed by atoms with Gasteiger partial charge in [-0.25, -0.2) is 9.37 Å². The van der Waals surface area contributed by atoms with Gasteiger partial charge in [-0.1, -0.05) is 6.08 Å². The summed E-state index contributed by atoms with van der Waals surface area (Å²) in [5.41, 5.74) is 4.29. The maximum absolute atomic E-state index is 14.0. The second-order valence-corrected chi connectivity index (χ2v) is 8.80. The van der Waals surface area contributed by atoms with Crippen LogP contribution in [0, 0.1) is 5.82 Å². The number of nitrogens with zero attached hydrogens (tertiary/aromatic N) is 3. The van der Waals surface area contributed by atoms with E-state index in [-0.39, 0.29) is 31.4 Å². The molecule has 0 aliphatic carbocycles. The predicted octanol–water partition coefficient (Wildman–Crippen LogP) is 2.03. The fourth-order valence-corrected chi connectivity index (χ4v) is 4.69. The number of pyridine rings is 1. The highest BCUT2D eigenvalue weighted by Gasteiger charge is 2.33. The average molecular weight is 467 g/mol. The van der Waals surface area contributed by atoms with Crippen molar-refractivity contribution < 1.29 is 24.1 Å². The third-order valence-electron chi connectivity index (χ3n) is 6.59. The highest BCUT2D eigenvalue weighted by Crippen LogP contribution is 2.36. The van der Waals surface area contributed by atoms with E-state index in [0.717, 1.165) is 28.6 Å². The summed E-state index contributed by atoms with van der Waals surface area (Å²) in [6.45, 7) is 1.93. The Morgan fingerprint density at radius 1 is 1.21 bits per heavy atom. The van der Waals surface area contributed by atoms with Crippen molar-refractivity contribution in [2.45, 2.75) is 18.6 Å². The molecule has 1 saturated heterocycles. The van der Waals surface area contributed by atoms with Crippen LogP contribution in [0.25, 0.3) is 27.7 Å². The summed E-state index contributed by atoms with van der Waals surface area (Å²) in [7, 11) is 1.56. The molecule has 0 saturated carbocycles. The number of hydrogen-bond acceptors (Lipinski definition) is 6. The number of methoxy groups -OCH3 is 1. The Morgan fingerprint density at radius 2 is 2.00 bits per heavy atom. The first kappa shape index (κ1) is 22.5. The van der Waals surface area contributed by atoms with Crippen LogP contribution in [0.4, 0.5) is 4.39 Å². The molecule has 2 aliphatic rings. The molecule has 2 atom stereocenters. The largest absolute Gasteiger partial charge is 0.496 e. The number of carbonyl (C=O) groups excluding carboxylic acids is 1. The lowest BCUT2D eigenvalue weighted by Gasteiger charge is -2.27. The van der Waals surface area contributed by atoms with Crippen molar-refractivity contribution >= 4 is 22.5 Å². The number of ether oxygens (including phenoxy) is 1. The Kier molecular flexibility index (Phi) is 6.07. The molecule has 3 N–H and O–H groups in total. The topological polar surface area (TPSA) is 102 Å². The van der Waals surface area contributed by atoms with Gasteiger partial charge >= 0.3 is 0 Å². The molecule has 1 amide bonds. The third kappa shape index (κ3) is 4.29. The van der Waals surface area contributed by atoms with Crippen molar-refractivity contribution in [3.05, 3.63) is 54.1 Å². The first-order valence-electron chi connectivity index (χ1n) is 11.3. The standard InChI is InChI=1S/C25H27FN4O4/c1-34-23-3-2-16(26)10-18(23)17-4-7-27-25-19(17)11-20(28-25)15-5-8-29(9-6-15)14-24(33)30-12-21(31)22(32)13-30/h2-5,7,10-11,21-22,31-32H,6,8-9,12-14H2,1H3,(H,27,28)/t21-,22-/m0/s1. The Hall–Kier alpha value is -3.27. The van der Waals surface area contributed by atoms with E-state index in [9.17, 15) is 19.4 Å². The molecule has 0 unspecified atom stereocenters. The highest BCUT2D eigenvalue weighted by atomic mass is 19.1. The number of aromatic amines is 1. The molecule has 4 heterocycles. The zero-order valence-electron chi connectivity index (χ0n) is 18.9. The third-order valence-corrected chi connectivity index (χ3v) is 6.59. The molecule has 2 aromatic heterocycles. The molecule has 1 aromatic carbocycles. The van der Waals surface area contributed by atoms with Gasteiger partial charge in [0.05, 0.1) is 25.9 Å². The van der Waals surface area contributed by atoms with Crippen LogP contribution >= 0.6 is 0 Å². The van der Waals surface area contributed by atoms with Gasteiger partial charge in [-0.15, -0.1) is 0 Å². The zero-order chi connectivity index (χ0) is 23.8. The van der Waals surface area contributed by atoms with Crippen molar-refractivity contribution in [2.24, 2.45) is 0 Å². The molecule has 5 rings (SSSR count). The van der Waals surface area contributed by atoms with E-state index in [4.69, 9.17) is 4.74 Å². The van der Waals surface area contributed by atoms with Crippen molar-refractivity contribution in [3.8, 4) is 16.9 Å². The maximum Gasteiger partial charge on any atom is 0.236 e. The van der Waals surface area contributed by atoms with Gasteiger partial charge in [0.15, 0.2) is 0 Å². The lowest BCUT2D eigenvalue weighted by Crippen LogP contribution is -2.41. The number of nitrogens with one attached hydrogen (secondary N) is 1. The summed E-state index contributed by atoms with van der Waals surface area (Å²) in [4.78, 5) is 23.9. The number of aliphatic hydroxyl groups excluding tert-OH is 2. The average Bonchev–Trinajstić information content (AvgIpc) is 3.42. The number of halogens is 1. The first-order valence-corrected chi connectivity index (χ1v) is 11.3. The molecule has 3 aromatic rings. The van der Waals surface area contributed by atoms with E-state index in [1.807, 2.05) is 17.0 Å². The Balaban J connectivity index is 1.34. The molecular formula is C25H27FN4O4. The van der Waals surface area contributed by atoms with E-state index in [1.54, 1.807) is 19.4 Å². The van der Waals surface area contributed by atoms with Crippen LogP contribution in [-0.4, -0.2) is 87.9 Å². The quantitative estimate of drug-likeness (QED) is 0.532. The molecule has 8 nitrogen and oxygen atoms in total. The minimum Gasteiger partial charge on any atom is -0.496 e. The second kappa shape index (κ2) is 9.17. The molecule has 0 radical (unpaired) electrons. The number of β-amino-alcohol motifs (C(OH)–C–C–N with tert-alkyl or cyclic N) is 2. The number of likely N-dealkylation sites (tertiary alicyclic amines) is 1. The number of benzene rings is 1. The van der Waals surface area contributed by atoms with Gasteiger partial charge in [-0.3, -0.25) is 9.69 Å². The first-order chi connectivity index (χ1) is 16.4. The molecule has 1 fully saturated rings. The molecule has 2 aliphatic heterocycles. The van der Waals surface area contributed by atoms with Gasteiger partial charge in [0.2, 0.25) is 5.91 Å². The van der Waals surface area contributed by atoms with Crippen LogP contribution in [0.1, 0.15) is 12.1 Å². The number of H-pyrrole nitrogens is 1. The van der Waals surface area contributed by atoms with Gasteiger partial charge in [0.25, 0.3) is 0 Å². The highest BCUT2D eigenvalue weighted by molar-refractivity contribution is 5.96. The minimum absolute atomic E-state index is 0.0871. The predicted molar refractivity (Wildman–Crippen MR) is 126 cm³/mol. The van der Waals surface area contributed by atoms with Crippen LogP contribution < -0.4 is 4.74 Å². The number of rotatable bonds is 5. The summed E-state index contributed by atoms with van der Waals surface area (Å²) >= 11 is 0. The van der Waals surface area contributed by atoms with Crippen LogP contribution in [0.5, 0.6) is 5.75 Å². The number of carbonyl (C=O) groups is 1. The summed E-state index contributed by atoms with van der Waals surface area (Å²) in [5.74, 6) is 0.168. The van der Waals surface area contributed by atoms with E-state index >= 15 is 0 Å². The molecule has 0 bridgehead atoms. The summed E-state index contributed by atoms with van der Waals surface area (Å²) < 4.78 is 19.4. The zero-order valence-corrected chi connectivity index (χ0v) is 18.9. The maximum atomic E-state index is 14.0. The van der Waals surface area contributed by atoms with E-state index in [0.29, 0.717) is 30.0 Å². The van der Waals surface area contributed by atoms with Gasteiger partial charge in [-0.2, -0.15) is 0 Å². The number of aliphatic hydroxyl groups is 2. The SMILES string of the molecule is COc1ccc(F)cc1-c1ccnc2[nH]c(C3=CCN(CC(=O)N4C[C@H](O)[C@@H](O)C4)CC3)cc12. The van der Waals surface area contributed by atoms with Gasteiger partial charge < -0.3 is 24.8 Å². The lowest BCUT2D eigenvalue weighted by molar-refractivity contribution is -0.131. The van der Waals surface area contributed by atoms with Crippen LogP contribution in [-0.2, 0) is 4.79 Å². The molecular weight excluding hydrogens is 439 g/mol. The molecule has 34 heavy (non-hydrogen) atoms. The van der Waals surface area contributed by atoms with Crippen molar-refractivity contribution in [3.63, 3.8) is 0 Å². The second-order valence-electron chi connectivity index (χ2n) is 8.80.